The minimum absolute atomic E-state index is 0.0170. The van der Waals surface area contributed by atoms with Crippen LogP contribution in [0.15, 0.2) is 24.3 Å². The second kappa shape index (κ2) is 6.48. The molecule has 3 rings (SSSR count). The third-order valence-electron chi connectivity index (χ3n) is 4.95. The molecule has 2 saturated carbocycles. The molecule has 0 radical (unpaired) electrons. The predicted octanol–water partition coefficient (Wildman–Crippen LogP) is 2.66. The fourth-order valence-electron chi connectivity index (χ4n) is 3.88. The maximum atomic E-state index is 11.9. The summed E-state index contributed by atoms with van der Waals surface area (Å²) in [7, 11) is 1.63. The molecule has 1 aromatic carbocycles. The van der Waals surface area contributed by atoms with E-state index in [1.54, 1.807) is 7.11 Å². The molecule has 21 heavy (non-hydrogen) atoms. The molecular formula is C17H24N2O2. The highest BCUT2D eigenvalue weighted by molar-refractivity contribution is 5.92. The van der Waals surface area contributed by atoms with Gasteiger partial charge in [-0.05, 0) is 67.8 Å². The summed E-state index contributed by atoms with van der Waals surface area (Å²) in [4.78, 5) is 11.9. The van der Waals surface area contributed by atoms with Crippen LogP contribution in [-0.4, -0.2) is 26.1 Å². The van der Waals surface area contributed by atoms with Crippen LogP contribution >= 0.6 is 0 Å². The van der Waals surface area contributed by atoms with Crippen molar-refractivity contribution < 1.29 is 9.53 Å². The van der Waals surface area contributed by atoms with Gasteiger partial charge < -0.3 is 15.4 Å². The molecule has 4 heteroatoms. The normalized spacial score (nSPS) is 26.8. The minimum Gasteiger partial charge on any atom is -0.497 e. The highest BCUT2D eigenvalue weighted by Crippen LogP contribution is 2.47. The van der Waals surface area contributed by atoms with Gasteiger partial charge in [0.25, 0.3) is 0 Å². The van der Waals surface area contributed by atoms with E-state index in [0.717, 1.165) is 35.7 Å². The predicted molar refractivity (Wildman–Crippen MR) is 83.4 cm³/mol. The topological polar surface area (TPSA) is 50.4 Å². The molecule has 114 valence electrons. The van der Waals surface area contributed by atoms with Crippen molar-refractivity contribution in [2.75, 3.05) is 25.5 Å². The number of nitrogens with one attached hydrogen (secondary N) is 2. The van der Waals surface area contributed by atoms with Crippen LogP contribution in [-0.2, 0) is 4.79 Å². The Balaban J connectivity index is 1.38. The second-order valence-electron chi connectivity index (χ2n) is 6.34. The first kappa shape index (κ1) is 14.4. The van der Waals surface area contributed by atoms with E-state index in [-0.39, 0.29) is 5.91 Å². The van der Waals surface area contributed by atoms with Crippen LogP contribution in [0.2, 0.25) is 0 Å². The number of carbonyl (C=O) groups is 1. The van der Waals surface area contributed by atoms with Crippen LogP contribution in [0, 0.1) is 17.8 Å². The lowest BCUT2D eigenvalue weighted by molar-refractivity contribution is -0.115. The molecule has 4 nitrogen and oxygen atoms in total. The first-order valence-corrected chi connectivity index (χ1v) is 7.89. The third kappa shape index (κ3) is 3.56. The Bertz CT molecular complexity index is 486. The number of carbonyl (C=O) groups excluding carboxylic acids is 1. The van der Waals surface area contributed by atoms with Gasteiger partial charge >= 0.3 is 0 Å². The monoisotopic (exact) mass is 288 g/mol. The number of benzene rings is 1. The molecule has 2 aliphatic carbocycles. The van der Waals surface area contributed by atoms with E-state index in [1.807, 2.05) is 24.3 Å². The molecule has 1 amide bonds. The molecule has 3 unspecified atom stereocenters. The molecule has 0 aromatic heterocycles. The molecule has 0 spiro atoms. The van der Waals surface area contributed by atoms with Crippen molar-refractivity contribution in [2.45, 2.75) is 25.7 Å². The van der Waals surface area contributed by atoms with Crippen LogP contribution in [0.1, 0.15) is 25.7 Å². The lowest BCUT2D eigenvalue weighted by Crippen LogP contribution is -2.33. The number of fused-ring (bicyclic) bond motifs is 2. The van der Waals surface area contributed by atoms with E-state index in [0.29, 0.717) is 6.54 Å². The zero-order valence-corrected chi connectivity index (χ0v) is 12.6. The molecule has 3 atom stereocenters. The summed E-state index contributed by atoms with van der Waals surface area (Å²) in [5, 5.41) is 6.21. The van der Waals surface area contributed by atoms with Crippen molar-refractivity contribution in [2.24, 2.45) is 17.8 Å². The molecular weight excluding hydrogens is 264 g/mol. The zero-order valence-electron chi connectivity index (χ0n) is 12.6. The summed E-state index contributed by atoms with van der Waals surface area (Å²) >= 11 is 0. The van der Waals surface area contributed by atoms with Gasteiger partial charge in [0.2, 0.25) is 5.91 Å². The molecule has 0 saturated heterocycles. The number of hydrogen-bond donors (Lipinski definition) is 2. The average molecular weight is 288 g/mol. The lowest BCUT2D eigenvalue weighted by Gasteiger charge is -2.21. The summed E-state index contributed by atoms with van der Waals surface area (Å²) in [6.07, 6.45) is 5.61. The van der Waals surface area contributed by atoms with Crippen molar-refractivity contribution >= 4 is 11.6 Å². The number of amides is 1. The summed E-state index contributed by atoms with van der Waals surface area (Å²) in [6, 6.07) is 7.40. The molecule has 2 N–H and O–H groups in total. The fraction of sp³-hybridized carbons (Fsp3) is 0.588. The van der Waals surface area contributed by atoms with Gasteiger partial charge in [0, 0.05) is 5.69 Å². The van der Waals surface area contributed by atoms with Crippen LogP contribution in [0.25, 0.3) is 0 Å². The lowest BCUT2D eigenvalue weighted by atomic mass is 9.89. The van der Waals surface area contributed by atoms with Crippen LogP contribution in [0.5, 0.6) is 5.75 Å². The number of anilines is 1. The highest BCUT2D eigenvalue weighted by atomic mass is 16.5. The van der Waals surface area contributed by atoms with Gasteiger partial charge in [-0.25, -0.2) is 0 Å². The maximum absolute atomic E-state index is 11.9. The maximum Gasteiger partial charge on any atom is 0.238 e. The van der Waals surface area contributed by atoms with E-state index in [1.165, 1.54) is 25.7 Å². The zero-order chi connectivity index (χ0) is 14.7. The van der Waals surface area contributed by atoms with Crippen LogP contribution in [0.4, 0.5) is 5.69 Å². The second-order valence-corrected chi connectivity index (χ2v) is 6.34. The third-order valence-corrected chi connectivity index (χ3v) is 4.95. The van der Waals surface area contributed by atoms with Crippen molar-refractivity contribution in [3.8, 4) is 5.75 Å². The first-order chi connectivity index (χ1) is 10.2. The Morgan fingerprint density at radius 3 is 2.67 bits per heavy atom. The van der Waals surface area contributed by atoms with Gasteiger partial charge in [0.1, 0.15) is 5.75 Å². The Labute approximate surface area is 126 Å². The Kier molecular flexibility index (Phi) is 4.44. The van der Waals surface area contributed by atoms with Gasteiger partial charge in [-0.2, -0.15) is 0 Å². The average Bonchev–Trinajstić information content (AvgIpc) is 3.11. The van der Waals surface area contributed by atoms with E-state index in [2.05, 4.69) is 10.6 Å². The molecule has 0 aliphatic heterocycles. The van der Waals surface area contributed by atoms with Crippen molar-refractivity contribution in [3.63, 3.8) is 0 Å². The van der Waals surface area contributed by atoms with Gasteiger partial charge in [-0.3, -0.25) is 4.79 Å². The summed E-state index contributed by atoms with van der Waals surface area (Å²) in [5.41, 5.74) is 0.808. The molecule has 0 heterocycles. The van der Waals surface area contributed by atoms with E-state index in [9.17, 15) is 4.79 Å². The smallest absolute Gasteiger partial charge is 0.238 e. The van der Waals surface area contributed by atoms with Crippen LogP contribution < -0.4 is 15.4 Å². The number of ether oxygens (including phenoxy) is 1. The van der Waals surface area contributed by atoms with Gasteiger partial charge in [-0.1, -0.05) is 6.42 Å². The number of rotatable bonds is 6. The largest absolute Gasteiger partial charge is 0.497 e. The number of hydrogen-bond acceptors (Lipinski definition) is 3. The highest BCUT2D eigenvalue weighted by Gasteiger charge is 2.38. The fourth-order valence-corrected chi connectivity index (χ4v) is 3.88. The van der Waals surface area contributed by atoms with Crippen LogP contribution in [0.3, 0.4) is 0 Å². The van der Waals surface area contributed by atoms with Crippen molar-refractivity contribution in [3.05, 3.63) is 24.3 Å². The van der Waals surface area contributed by atoms with Gasteiger partial charge in [-0.15, -0.1) is 0 Å². The standard InChI is InChI=1S/C17H24N2O2/c1-21-16-6-4-15(5-7-16)19-17(20)11-18-10-14-9-12-2-3-13(14)8-12/h4-7,12-14,18H,2-3,8-11H2,1H3,(H,19,20). The van der Waals surface area contributed by atoms with Gasteiger partial charge in [0.05, 0.1) is 13.7 Å². The van der Waals surface area contributed by atoms with E-state index in [4.69, 9.17) is 4.74 Å². The van der Waals surface area contributed by atoms with Crippen molar-refractivity contribution in [1.29, 1.82) is 0 Å². The molecule has 1 aromatic rings. The first-order valence-electron chi connectivity index (χ1n) is 7.89. The quantitative estimate of drug-likeness (QED) is 0.846. The van der Waals surface area contributed by atoms with E-state index < -0.39 is 0 Å². The van der Waals surface area contributed by atoms with Crippen molar-refractivity contribution in [1.82, 2.24) is 5.32 Å². The molecule has 2 aliphatic rings. The Morgan fingerprint density at radius 1 is 1.24 bits per heavy atom. The Morgan fingerprint density at radius 2 is 2.05 bits per heavy atom. The SMILES string of the molecule is COc1ccc(NC(=O)CNCC2CC3CCC2C3)cc1. The summed E-state index contributed by atoms with van der Waals surface area (Å²) in [6.45, 7) is 1.37. The minimum atomic E-state index is 0.0170. The Hall–Kier alpha value is -1.55. The summed E-state index contributed by atoms with van der Waals surface area (Å²) in [5.74, 6) is 3.48. The molecule has 2 fully saturated rings. The van der Waals surface area contributed by atoms with E-state index >= 15 is 0 Å². The number of methoxy groups -OCH3 is 1. The van der Waals surface area contributed by atoms with Gasteiger partial charge in [0.15, 0.2) is 0 Å². The molecule has 2 bridgehead atoms. The summed E-state index contributed by atoms with van der Waals surface area (Å²) < 4.78 is 5.10.